The highest BCUT2D eigenvalue weighted by molar-refractivity contribution is 7.09. The molecule has 0 unspecified atom stereocenters. The number of nitrogens with one attached hydrogen (secondary N) is 1. The number of furan rings is 1. The van der Waals surface area contributed by atoms with Crippen molar-refractivity contribution in [3.05, 3.63) is 81.9 Å². The van der Waals surface area contributed by atoms with Crippen molar-refractivity contribution >= 4 is 17.4 Å². The number of benzene rings is 1. The van der Waals surface area contributed by atoms with Crippen LogP contribution in [-0.2, 0) is 19.6 Å². The molecule has 4 nitrogen and oxygen atoms in total. The SMILES string of the molecule is Cc1cccc(CNC(=O)N(Cc2ccco2)Cc2cccs2)c1. The van der Waals surface area contributed by atoms with E-state index in [0.717, 1.165) is 16.2 Å². The Morgan fingerprint density at radius 2 is 2.08 bits per heavy atom. The van der Waals surface area contributed by atoms with Gasteiger partial charge >= 0.3 is 6.03 Å². The van der Waals surface area contributed by atoms with E-state index in [1.165, 1.54) is 5.56 Å². The van der Waals surface area contributed by atoms with Gasteiger partial charge in [-0.1, -0.05) is 35.9 Å². The minimum absolute atomic E-state index is 0.0960. The van der Waals surface area contributed by atoms with Crippen molar-refractivity contribution in [3.63, 3.8) is 0 Å². The standard InChI is InChI=1S/C19H20N2O2S/c1-15-5-2-6-16(11-15)12-20-19(22)21(13-17-7-3-9-23-17)14-18-8-4-10-24-18/h2-11H,12-14H2,1H3,(H,20,22). The molecule has 3 rings (SSSR count). The van der Waals surface area contributed by atoms with Crippen molar-refractivity contribution < 1.29 is 9.21 Å². The molecule has 1 N–H and O–H groups in total. The second-order valence-electron chi connectivity index (χ2n) is 5.66. The molecular formula is C19H20N2O2S. The maximum Gasteiger partial charge on any atom is 0.318 e. The Balaban J connectivity index is 1.65. The van der Waals surface area contributed by atoms with Gasteiger partial charge in [-0.3, -0.25) is 0 Å². The van der Waals surface area contributed by atoms with Crippen LogP contribution in [0.5, 0.6) is 0 Å². The Hall–Kier alpha value is -2.53. The molecule has 0 aliphatic heterocycles. The minimum Gasteiger partial charge on any atom is -0.467 e. The predicted octanol–water partition coefficient (Wildman–Crippen LogP) is 4.56. The lowest BCUT2D eigenvalue weighted by molar-refractivity contribution is 0.187. The van der Waals surface area contributed by atoms with Crippen LogP contribution in [0.15, 0.2) is 64.6 Å². The molecule has 0 spiro atoms. The Morgan fingerprint density at radius 1 is 1.17 bits per heavy atom. The first-order valence-corrected chi connectivity index (χ1v) is 8.72. The van der Waals surface area contributed by atoms with Crippen LogP contribution in [0, 0.1) is 6.92 Å². The van der Waals surface area contributed by atoms with Crippen LogP contribution in [0.4, 0.5) is 4.79 Å². The lowest BCUT2D eigenvalue weighted by Gasteiger charge is -2.21. The van der Waals surface area contributed by atoms with Gasteiger partial charge in [0.05, 0.1) is 19.4 Å². The van der Waals surface area contributed by atoms with E-state index < -0.39 is 0 Å². The molecule has 2 aromatic heterocycles. The van der Waals surface area contributed by atoms with E-state index in [0.29, 0.717) is 19.6 Å². The van der Waals surface area contributed by atoms with E-state index in [4.69, 9.17) is 4.42 Å². The quantitative estimate of drug-likeness (QED) is 0.715. The highest BCUT2D eigenvalue weighted by Crippen LogP contribution is 2.15. The Morgan fingerprint density at radius 3 is 2.79 bits per heavy atom. The molecule has 2 amide bonds. The summed E-state index contributed by atoms with van der Waals surface area (Å²) in [6, 6.07) is 15.8. The monoisotopic (exact) mass is 340 g/mol. The number of urea groups is 1. The fraction of sp³-hybridized carbons (Fsp3) is 0.211. The van der Waals surface area contributed by atoms with Crippen LogP contribution >= 0.6 is 11.3 Å². The molecule has 0 saturated heterocycles. The second-order valence-corrected chi connectivity index (χ2v) is 6.69. The van der Waals surface area contributed by atoms with E-state index in [1.54, 1.807) is 22.5 Å². The van der Waals surface area contributed by atoms with Gasteiger partial charge in [0, 0.05) is 11.4 Å². The van der Waals surface area contributed by atoms with E-state index in [1.807, 2.05) is 54.8 Å². The molecule has 1 aromatic carbocycles. The molecule has 0 fully saturated rings. The van der Waals surface area contributed by atoms with Gasteiger partial charge in [-0.25, -0.2) is 4.79 Å². The normalized spacial score (nSPS) is 10.5. The molecule has 3 aromatic rings. The van der Waals surface area contributed by atoms with Gasteiger partial charge in [0.25, 0.3) is 0 Å². The number of rotatable bonds is 6. The topological polar surface area (TPSA) is 45.5 Å². The third kappa shape index (κ3) is 4.49. The molecule has 0 aliphatic rings. The summed E-state index contributed by atoms with van der Waals surface area (Å²) in [5.41, 5.74) is 2.28. The van der Waals surface area contributed by atoms with Crippen molar-refractivity contribution in [2.24, 2.45) is 0 Å². The van der Waals surface area contributed by atoms with Gasteiger partial charge in [-0.2, -0.15) is 0 Å². The first-order chi connectivity index (χ1) is 11.7. The van der Waals surface area contributed by atoms with E-state index in [2.05, 4.69) is 11.4 Å². The summed E-state index contributed by atoms with van der Waals surface area (Å²) in [4.78, 5) is 15.5. The molecule has 0 radical (unpaired) electrons. The van der Waals surface area contributed by atoms with Crippen LogP contribution in [0.2, 0.25) is 0 Å². The van der Waals surface area contributed by atoms with Crippen LogP contribution in [0.3, 0.4) is 0 Å². The smallest absolute Gasteiger partial charge is 0.318 e. The van der Waals surface area contributed by atoms with Crippen molar-refractivity contribution in [2.45, 2.75) is 26.6 Å². The number of aryl methyl sites for hydroxylation is 1. The van der Waals surface area contributed by atoms with Crippen LogP contribution in [-0.4, -0.2) is 10.9 Å². The highest BCUT2D eigenvalue weighted by Gasteiger charge is 2.16. The van der Waals surface area contributed by atoms with Crippen molar-refractivity contribution in [3.8, 4) is 0 Å². The number of carbonyl (C=O) groups is 1. The number of hydrogen-bond donors (Lipinski definition) is 1. The maximum atomic E-state index is 12.6. The van der Waals surface area contributed by atoms with E-state index >= 15 is 0 Å². The fourth-order valence-corrected chi connectivity index (χ4v) is 3.21. The zero-order valence-electron chi connectivity index (χ0n) is 13.6. The second kappa shape index (κ2) is 7.84. The van der Waals surface area contributed by atoms with Crippen LogP contribution in [0.25, 0.3) is 0 Å². The molecule has 2 heterocycles. The van der Waals surface area contributed by atoms with E-state index in [9.17, 15) is 4.79 Å². The van der Waals surface area contributed by atoms with Crippen molar-refractivity contribution in [1.82, 2.24) is 10.2 Å². The average Bonchev–Trinajstić information content (AvgIpc) is 3.26. The summed E-state index contributed by atoms with van der Waals surface area (Å²) in [5.74, 6) is 0.775. The van der Waals surface area contributed by atoms with Gasteiger partial charge < -0.3 is 14.6 Å². The number of amides is 2. The first kappa shape index (κ1) is 16.3. The molecule has 24 heavy (non-hydrogen) atoms. The summed E-state index contributed by atoms with van der Waals surface area (Å²) >= 11 is 1.65. The number of carbonyl (C=O) groups excluding carboxylic acids is 1. The number of nitrogens with zero attached hydrogens (tertiary/aromatic N) is 1. The molecular weight excluding hydrogens is 320 g/mol. The first-order valence-electron chi connectivity index (χ1n) is 7.84. The van der Waals surface area contributed by atoms with Gasteiger partial charge in [-0.05, 0) is 36.1 Å². The van der Waals surface area contributed by atoms with E-state index in [-0.39, 0.29) is 6.03 Å². The number of hydrogen-bond acceptors (Lipinski definition) is 3. The molecule has 5 heteroatoms. The van der Waals surface area contributed by atoms with Crippen molar-refractivity contribution in [1.29, 1.82) is 0 Å². The largest absolute Gasteiger partial charge is 0.467 e. The summed E-state index contributed by atoms with van der Waals surface area (Å²) in [6.07, 6.45) is 1.63. The Bertz CT molecular complexity index is 730. The summed E-state index contributed by atoms with van der Waals surface area (Å²) in [6.45, 7) is 3.58. The average molecular weight is 340 g/mol. The van der Waals surface area contributed by atoms with Crippen LogP contribution in [0.1, 0.15) is 21.8 Å². The molecule has 0 bridgehead atoms. The highest BCUT2D eigenvalue weighted by atomic mass is 32.1. The summed E-state index contributed by atoms with van der Waals surface area (Å²) in [5, 5.41) is 5.02. The number of thiophene rings is 1. The van der Waals surface area contributed by atoms with Gasteiger partial charge in [0.1, 0.15) is 5.76 Å². The summed E-state index contributed by atoms with van der Waals surface area (Å²) < 4.78 is 5.39. The lowest BCUT2D eigenvalue weighted by atomic mass is 10.1. The summed E-state index contributed by atoms with van der Waals surface area (Å²) in [7, 11) is 0. The Kier molecular flexibility index (Phi) is 5.33. The minimum atomic E-state index is -0.0960. The molecule has 0 saturated carbocycles. The lowest BCUT2D eigenvalue weighted by Crippen LogP contribution is -2.38. The molecule has 0 aliphatic carbocycles. The fourth-order valence-electron chi connectivity index (χ4n) is 2.49. The van der Waals surface area contributed by atoms with Crippen LogP contribution < -0.4 is 5.32 Å². The zero-order chi connectivity index (χ0) is 16.8. The predicted molar refractivity (Wildman–Crippen MR) is 95.7 cm³/mol. The zero-order valence-corrected chi connectivity index (χ0v) is 14.4. The van der Waals surface area contributed by atoms with Crippen molar-refractivity contribution in [2.75, 3.05) is 0 Å². The third-order valence-corrected chi connectivity index (χ3v) is 4.53. The Labute approximate surface area is 145 Å². The molecule has 124 valence electrons. The third-order valence-electron chi connectivity index (χ3n) is 3.67. The van der Waals surface area contributed by atoms with Gasteiger partial charge in [-0.15, -0.1) is 11.3 Å². The molecule has 0 atom stereocenters. The van der Waals surface area contributed by atoms with Gasteiger partial charge in [0.2, 0.25) is 0 Å². The van der Waals surface area contributed by atoms with Gasteiger partial charge in [0.15, 0.2) is 0 Å². The maximum absolute atomic E-state index is 12.6.